The zero-order valence-electron chi connectivity index (χ0n) is 11.2. The van der Waals surface area contributed by atoms with Crippen molar-refractivity contribution in [3.05, 3.63) is 29.8 Å². The molecule has 0 aliphatic carbocycles. The van der Waals surface area contributed by atoms with Crippen LogP contribution in [0.3, 0.4) is 0 Å². The predicted octanol–water partition coefficient (Wildman–Crippen LogP) is 2.84. The Morgan fingerprint density at radius 1 is 1.37 bits per heavy atom. The summed E-state index contributed by atoms with van der Waals surface area (Å²) in [6.07, 6.45) is 1.10. The van der Waals surface area contributed by atoms with E-state index in [1.165, 1.54) is 6.92 Å². The normalized spacial score (nSPS) is 11.7. The van der Waals surface area contributed by atoms with Gasteiger partial charge >= 0.3 is 0 Å². The Labute approximate surface area is 118 Å². The molecule has 0 aliphatic heterocycles. The molecule has 0 saturated heterocycles. The molecule has 4 nitrogen and oxygen atoms in total. The van der Waals surface area contributed by atoms with Crippen molar-refractivity contribution in [3.63, 3.8) is 0 Å². The Hall–Kier alpha value is -1.55. The van der Waals surface area contributed by atoms with Crippen LogP contribution in [0.15, 0.2) is 24.3 Å². The van der Waals surface area contributed by atoms with Gasteiger partial charge in [0.1, 0.15) is 0 Å². The number of anilines is 1. The van der Waals surface area contributed by atoms with E-state index in [2.05, 4.69) is 10.6 Å². The van der Waals surface area contributed by atoms with Crippen molar-refractivity contribution >= 4 is 29.1 Å². The van der Waals surface area contributed by atoms with Gasteiger partial charge < -0.3 is 10.6 Å². The van der Waals surface area contributed by atoms with E-state index in [-0.39, 0.29) is 17.9 Å². The molecule has 0 heterocycles. The molecule has 5 heteroatoms. The Bertz CT molecular complexity index is 449. The molecular weight excluding hydrogens is 264 g/mol. The third-order valence-corrected chi connectivity index (χ3v) is 2.89. The van der Waals surface area contributed by atoms with Gasteiger partial charge in [-0.1, -0.05) is 12.1 Å². The van der Waals surface area contributed by atoms with Gasteiger partial charge in [0.15, 0.2) is 0 Å². The van der Waals surface area contributed by atoms with E-state index in [0.717, 1.165) is 11.3 Å². The van der Waals surface area contributed by atoms with Crippen LogP contribution in [0.2, 0.25) is 0 Å². The van der Waals surface area contributed by atoms with Crippen LogP contribution < -0.4 is 10.6 Å². The minimum absolute atomic E-state index is 0.0157. The first-order valence-electron chi connectivity index (χ1n) is 6.26. The molecular formula is C14H19ClN2O2. The first-order valence-corrected chi connectivity index (χ1v) is 6.79. The Morgan fingerprint density at radius 2 is 2.11 bits per heavy atom. The second kappa shape index (κ2) is 7.79. The van der Waals surface area contributed by atoms with E-state index in [1.807, 2.05) is 31.2 Å². The lowest BCUT2D eigenvalue weighted by molar-refractivity contribution is -0.121. The number of halogens is 1. The summed E-state index contributed by atoms with van der Waals surface area (Å²) in [5.74, 6) is 0.355. The molecule has 0 aliphatic rings. The highest BCUT2D eigenvalue weighted by molar-refractivity contribution is 6.17. The van der Waals surface area contributed by atoms with Crippen molar-refractivity contribution in [2.45, 2.75) is 32.7 Å². The van der Waals surface area contributed by atoms with Crippen LogP contribution in [0.1, 0.15) is 38.3 Å². The average Bonchev–Trinajstić information content (AvgIpc) is 2.35. The minimum Gasteiger partial charge on any atom is -0.350 e. The lowest BCUT2D eigenvalue weighted by Crippen LogP contribution is -2.26. The summed E-state index contributed by atoms with van der Waals surface area (Å²) in [6.45, 7) is 3.37. The molecule has 0 bridgehead atoms. The van der Waals surface area contributed by atoms with E-state index < -0.39 is 0 Å². The molecule has 0 spiro atoms. The van der Waals surface area contributed by atoms with E-state index in [0.29, 0.717) is 18.7 Å². The van der Waals surface area contributed by atoms with Gasteiger partial charge in [0, 0.05) is 24.9 Å². The monoisotopic (exact) mass is 282 g/mol. The molecule has 19 heavy (non-hydrogen) atoms. The van der Waals surface area contributed by atoms with Crippen molar-refractivity contribution < 1.29 is 9.59 Å². The fourth-order valence-corrected chi connectivity index (χ4v) is 1.85. The maximum atomic E-state index is 11.6. The Balaban J connectivity index is 2.63. The van der Waals surface area contributed by atoms with Gasteiger partial charge in [-0.15, -0.1) is 11.6 Å². The summed E-state index contributed by atoms with van der Waals surface area (Å²) >= 11 is 5.55. The third kappa shape index (κ3) is 5.75. The fraction of sp³-hybridized carbons (Fsp3) is 0.429. The quantitative estimate of drug-likeness (QED) is 0.788. The Morgan fingerprint density at radius 3 is 2.74 bits per heavy atom. The van der Waals surface area contributed by atoms with Gasteiger partial charge in [-0.3, -0.25) is 9.59 Å². The minimum atomic E-state index is -0.115. The molecule has 1 atom stereocenters. The van der Waals surface area contributed by atoms with Crippen LogP contribution in [0, 0.1) is 0 Å². The molecule has 1 rings (SSSR count). The van der Waals surface area contributed by atoms with E-state index >= 15 is 0 Å². The molecule has 2 N–H and O–H groups in total. The first kappa shape index (κ1) is 15.5. The van der Waals surface area contributed by atoms with Gasteiger partial charge in [-0.25, -0.2) is 0 Å². The van der Waals surface area contributed by atoms with Crippen LogP contribution in [0.25, 0.3) is 0 Å². The van der Waals surface area contributed by atoms with Crippen LogP contribution >= 0.6 is 11.6 Å². The number of carbonyl (C=O) groups excluding carboxylic acids is 2. The zero-order valence-corrected chi connectivity index (χ0v) is 12.0. The van der Waals surface area contributed by atoms with Crippen LogP contribution in [-0.4, -0.2) is 17.7 Å². The summed E-state index contributed by atoms with van der Waals surface area (Å²) in [7, 11) is 0. The van der Waals surface area contributed by atoms with Gasteiger partial charge in [0.05, 0.1) is 6.04 Å². The number of alkyl halides is 1. The maximum absolute atomic E-state index is 11.6. The summed E-state index contributed by atoms with van der Waals surface area (Å²) < 4.78 is 0. The highest BCUT2D eigenvalue weighted by Crippen LogP contribution is 2.17. The summed E-state index contributed by atoms with van der Waals surface area (Å²) in [5.41, 5.74) is 1.68. The van der Waals surface area contributed by atoms with Crippen molar-refractivity contribution in [3.8, 4) is 0 Å². The van der Waals surface area contributed by atoms with Crippen molar-refractivity contribution in [1.82, 2.24) is 5.32 Å². The summed E-state index contributed by atoms with van der Waals surface area (Å²) in [5, 5.41) is 5.62. The molecule has 2 amide bonds. The summed E-state index contributed by atoms with van der Waals surface area (Å²) in [6, 6.07) is 7.33. The largest absolute Gasteiger partial charge is 0.350 e. The second-order valence-electron chi connectivity index (χ2n) is 4.39. The number of benzene rings is 1. The maximum Gasteiger partial charge on any atom is 0.221 e. The van der Waals surface area contributed by atoms with E-state index in [1.54, 1.807) is 0 Å². The fourth-order valence-electron chi connectivity index (χ4n) is 1.71. The second-order valence-corrected chi connectivity index (χ2v) is 4.77. The topological polar surface area (TPSA) is 58.2 Å². The molecule has 0 aromatic heterocycles. The Kier molecular flexibility index (Phi) is 6.36. The van der Waals surface area contributed by atoms with Gasteiger partial charge in [0.25, 0.3) is 0 Å². The third-order valence-electron chi connectivity index (χ3n) is 2.62. The molecule has 1 aromatic rings. The smallest absolute Gasteiger partial charge is 0.221 e. The number of nitrogens with one attached hydrogen (secondary N) is 2. The molecule has 1 unspecified atom stereocenters. The van der Waals surface area contributed by atoms with Gasteiger partial charge in [-0.2, -0.15) is 0 Å². The number of carbonyl (C=O) groups is 2. The highest BCUT2D eigenvalue weighted by Gasteiger charge is 2.09. The van der Waals surface area contributed by atoms with Gasteiger partial charge in [0.2, 0.25) is 11.8 Å². The number of hydrogen-bond donors (Lipinski definition) is 2. The number of amides is 2. The van der Waals surface area contributed by atoms with Crippen molar-refractivity contribution in [2.24, 2.45) is 0 Å². The number of hydrogen-bond acceptors (Lipinski definition) is 2. The zero-order chi connectivity index (χ0) is 14.3. The molecule has 104 valence electrons. The lowest BCUT2D eigenvalue weighted by atomic mass is 10.1. The van der Waals surface area contributed by atoms with Gasteiger partial charge in [-0.05, 0) is 31.0 Å². The molecule has 0 radical (unpaired) electrons. The predicted molar refractivity (Wildman–Crippen MR) is 77.3 cm³/mol. The standard InChI is InChI=1S/C14H19ClN2O2/c1-10(16-14(19)7-4-8-15)12-5-3-6-13(9-12)17-11(2)18/h3,5-6,9-10H,4,7-8H2,1-2H3,(H,16,19)(H,17,18). The molecule has 0 saturated carbocycles. The lowest BCUT2D eigenvalue weighted by Gasteiger charge is -2.15. The van der Waals surface area contributed by atoms with Crippen LogP contribution in [0.4, 0.5) is 5.69 Å². The van der Waals surface area contributed by atoms with E-state index in [9.17, 15) is 9.59 Å². The van der Waals surface area contributed by atoms with Crippen molar-refractivity contribution in [2.75, 3.05) is 11.2 Å². The van der Waals surface area contributed by atoms with Crippen LogP contribution in [0.5, 0.6) is 0 Å². The highest BCUT2D eigenvalue weighted by atomic mass is 35.5. The van der Waals surface area contributed by atoms with E-state index in [4.69, 9.17) is 11.6 Å². The van der Waals surface area contributed by atoms with Crippen molar-refractivity contribution in [1.29, 1.82) is 0 Å². The first-order chi connectivity index (χ1) is 9.02. The SMILES string of the molecule is CC(=O)Nc1cccc(C(C)NC(=O)CCCCl)c1. The number of rotatable bonds is 6. The summed E-state index contributed by atoms with van der Waals surface area (Å²) in [4.78, 5) is 22.6. The molecule has 0 fully saturated rings. The molecule has 1 aromatic carbocycles. The average molecular weight is 283 g/mol. The van der Waals surface area contributed by atoms with Crippen LogP contribution in [-0.2, 0) is 9.59 Å².